The van der Waals surface area contributed by atoms with E-state index in [0.717, 1.165) is 61.4 Å². The first-order chi connectivity index (χ1) is 15.3. The van der Waals surface area contributed by atoms with E-state index in [0.29, 0.717) is 18.2 Å². The van der Waals surface area contributed by atoms with E-state index < -0.39 is 11.7 Å². The molecule has 2 aromatic rings. The lowest BCUT2D eigenvalue weighted by Crippen LogP contribution is -2.39. The van der Waals surface area contributed by atoms with E-state index in [-0.39, 0.29) is 23.5 Å². The molecular formula is C23H26F3N3O2S. The van der Waals surface area contributed by atoms with E-state index in [2.05, 4.69) is 4.98 Å². The quantitative estimate of drug-likeness (QED) is 0.455. The summed E-state index contributed by atoms with van der Waals surface area (Å²) >= 11 is 1.58. The number of alkyl halides is 3. The van der Waals surface area contributed by atoms with E-state index in [1.165, 1.54) is 12.1 Å². The second kappa shape index (κ2) is 9.79. The van der Waals surface area contributed by atoms with Crippen LogP contribution in [0.2, 0.25) is 0 Å². The molecule has 0 radical (unpaired) electrons. The number of thioether (sulfide) groups is 1. The number of likely N-dealkylation sites (tertiary alicyclic amines) is 1. The topological polar surface area (TPSA) is 55.3 Å². The van der Waals surface area contributed by atoms with Crippen molar-refractivity contribution in [2.45, 2.75) is 56.0 Å². The minimum atomic E-state index is -4.48. The van der Waals surface area contributed by atoms with Crippen molar-refractivity contribution in [3.05, 3.63) is 52.8 Å². The number of hydrogen-bond acceptors (Lipinski definition) is 5. The summed E-state index contributed by atoms with van der Waals surface area (Å²) in [6, 6.07) is 4.64. The van der Waals surface area contributed by atoms with Crippen LogP contribution in [0.15, 0.2) is 35.6 Å². The Hall–Kier alpha value is -2.13. The van der Waals surface area contributed by atoms with Gasteiger partial charge in [-0.1, -0.05) is 17.8 Å². The number of ether oxygens (including phenoxy) is 1. The highest BCUT2D eigenvalue weighted by Crippen LogP contribution is 2.32. The molecule has 32 heavy (non-hydrogen) atoms. The van der Waals surface area contributed by atoms with Gasteiger partial charge in [0, 0.05) is 43.1 Å². The summed E-state index contributed by atoms with van der Waals surface area (Å²) in [5, 5.41) is 0.697. The molecule has 2 aliphatic heterocycles. The van der Waals surface area contributed by atoms with Crippen molar-refractivity contribution in [3.63, 3.8) is 0 Å². The number of aryl methyl sites for hydroxylation is 1. The molecule has 0 unspecified atom stereocenters. The number of carbonyl (C=O) groups is 1. The third-order valence-corrected chi connectivity index (χ3v) is 6.94. The number of carbonyl (C=O) groups excluding carboxylic acids is 1. The van der Waals surface area contributed by atoms with Gasteiger partial charge in [0.1, 0.15) is 0 Å². The average molecular weight is 466 g/mol. The number of amides is 1. The first-order valence-corrected chi connectivity index (χ1v) is 11.8. The Morgan fingerprint density at radius 3 is 2.88 bits per heavy atom. The molecule has 1 amide bonds. The molecule has 0 spiro atoms. The second-order valence-electron chi connectivity index (χ2n) is 8.34. The Morgan fingerprint density at radius 1 is 1.28 bits per heavy atom. The minimum absolute atomic E-state index is 0.0311. The molecule has 9 heteroatoms. The van der Waals surface area contributed by atoms with Gasteiger partial charge in [-0.15, -0.1) is 0 Å². The molecule has 3 heterocycles. The molecule has 1 aromatic heterocycles. The van der Waals surface area contributed by atoms with Crippen LogP contribution >= 0.6 is 11.8 Å². The number of hydrogen-bond donors (Lipinski definition) is 0. The third kappa shape index (κ3) is 5.43. The van der Waals surface area contributed by atoms with Gasteiger partial charge in [-0.3, -0.25) is 4.79 Å². The number of benzene rings is 1. The van der Waals surface area contributed by atoms with Gasteiger partial charge in [0.25, 0.3) is 5.91 Å². The van der Waals surface area contributed by atoms with Crippen LogP contribution in [-0.4, -0.2) is 52.3 Å². The number of nitrogens with zero attached hydrogens (tertiary/aromatic N) is 3. The number of aromatic nitrogens is 2. The molecule has 5 nitrogen and oxygen atoms in total. The van der Waals surface area contributed by atoms with Crippen molar-refractivity contribution in [2.24, 2.45) is 0 Å². The maximum Gasteiger partial charge on any atom is 0.416 e. The van der Waals surface area contributed by atoms with Crippen LogP contribution < -0.4 is 0 Å². The molecule has 2 saturated heterocycles. The van der Waals surface area contributed by atoms with Crippen molar-refractivity contribution >= 4 is 17.7 Å². The molecule has 0 aliphatic carbocycles. The molecule has 1 aromatic carbocycles. The highest BCUT2D eigenvalue weighted by Gasteiger charge is 2.32. The van der Waals surface area contributed by atoms with Crippen LogP contribution in [0.25, 0.3) is 0 Å². The smallest absolute Gasteiger partial charge is 0.377 e. The largest absolute Gasteiger partial charge is 0.416 e. The molecule has 0 bridgehead atoms. The molecule has 172 valence electrons. The van der Waals surface area contributed by atoms with E-state index in [9.17, 15) is 18.0 Å². The number of rotatable bonds is 5. The Labute approximate surface area is 189 Å². The Morgan fingerprint density at radius 2 is 2.12 bits per heavy atom. The van der Waals surface area contributed by atoms with Crippen LogP contribution in [-0.2, 0) is 10.9 Å². The highest BCUT2D eigenvalue weighted by atomic mass is 32.2. The zero-order valence-corrected chi connectivity index (χ0v) is 18.7. The van der Waals surface area contributed by atoms with Gasteiger partial charge in [0.2, 0.25) is 0 Å². The fourth-order valence-corrected chi connectivity index (χ4v) is 5.15. The van der Waals surface area contributed by atoms with E-state index >= 15 is 0 Å². The molecule has 0 saturated carbocycles. The summed E-state index contributed by atoms with van der Waals surface area (Å²) in [5.41, 5.74) is 1.13. The van der Waals surface area contributed by atoms with Crippen molar-refractivity contribution in [2.75, 3.05) is 25.4 Å². The molecular weight excluding hydrogens is 439 g/mol. The van der Waals surface area contributed by atoms with Gasteiger partial charge in [-0.05, 0) is 56.4 Å². The van der Waals surface area contributed by atoms with Crippen molar-refractivity contribution in [1.82, 2.24) is 14.9 Å². The van der Waals surface area contributed by atoms with Gasteiger partial charge in [-0.25, -0.2) is 9.97 Å². The first kappa shape index (κ1) is 23.0. The summed E-state index contributed by atoms with van der Waals surface area (Å²) in [7, 11) is 0. The highest BCUT2D eigenvalue weighted by molar-refractivity contribution is 7.99. The Balaban J connectivity index is 1.46. The van der Waals surface area contributed by atoms with Crippen LogP contribution in [0.3, 0.4) is 0 Å². The number of piperidine rings is 1. The normalized spacial score (nSPS) is 21.7. The SMILES string of the molecule is Cc1cnc(SC[C@H]2CCCO2)nc1[C@H]1CCCN(C(=O)c2cccc(C(F)(F)F)c2)C1. The van der Waals surface area contributed by atoms with Gasteiger partial charge < -0.3 is 9.64 Å². The Bertz CT molecular complexity index is 964. The molecule has 2 atom stereocenters. The molecule has 2 aliphatic rings. The van der Waals surface area contributed by atoms with Crippen LogP contribution in [0.5, 0.6) is 0 Å². The second-order valence-corrected chi connectivity index (χ2v) is 9.32. The Kier molecular flexibility index (Phi) is 7.05. The van der Waals surface area contributed by atoms with Gasteiger partial charge in [0.05, 0.1) is 17.4 Å². The number of halogens is 3. The third-order valence-electron chi connectivity index (χ3n) is 5.94. The maximum atomic E-state index is 13.1. The summed E-state index contributed by atoms with van der Waals surface area (Å²) < 4.78 is 44.8. The molecule has 4 rings (SSSR count). The lowest BCUT2D eigenvalue weighted by Gasteiger charge is -2.33. The lowest BCUT2D eigenvalue weighted by molar-refractivity contribution is -0.137. The van der Waals surface area contributed by atoms with Gasteiger partial charge in [0.15, 0.2) is 5.16 Å². The monoisotopic (exact) mass is 465 g/mol. The van der Waals surface area contributed by atoms with Crippen LogP contribution in [0.1, 0.15) is 58.8 Å². The van der Waals surface area contributed by atoms with Crippen molar-refractivity contribution < 1.29 is 22.7 Å². The summed E-state index contributed by atoms with van der Waals surface area (Å²) in [4.78, 5) is 23.8. The summed E-state index contributed by atoms with van der Waals surface area (Å²) in [5.74, 6) is 0.469. The zero-order valence-electron chi connectivity index (χ0n) is 17.9. The maximum absolute atomic E-state index is 13.1. The first-order valence-electron chi connectivity index (χ1n) is 10.9. The molecule has 0 N–H and O–H groups in total. The summed E-state index contributed by atoms with van der Waals surface area (Å²) in [6.45, 7) is 3.72. The zero-order chi connectivity index (χ0) is 22.7. The fourth-order valence-electron chi connectivity index (χ4n) is 4.26. The van der Waals surface area contributed by atoms with E-state index in [1.807, 2.05) is 13.1 Å². The van der Waals surface area contributed by atoms with E-state index in [1.54, 1.807) is 16.7 Å². The predicted octanol–water partition coefficient (Wildman–Crippen LogP) is 5.09. The van der Waals surface area contributed by atoms with Crippen LogP contribution in [0.4, 0.5) is 13.2 Å². The lowest BCUT2D eigenvalue weighted by atomic mass is 9.92. The molecule has 2 fully saturated rings. The van der Waals surface area contributed by atoms with Gasteiger partial charge >= 0.3 is 6.18 Å². The van der Waals surface area contributed by atoms with Gasteiger partial charge in [-0.2, -0.15) is 13.2 Å². The standard InChI is InChI=1S/C23H26F3N3O2S/c1-15-12-27-22(32-14-19-8-4-10-31-19)28-20(15)17-6-3-9-29(13-17)21(30)16-5-2-7-18(11-16)23(24,25)26/h2,5,7,11-12,17,19H,3-4,6,8-10,13-14H2,1H3/t17-,19+/m0/s1. The summed E-state index contributed by atoms with van der Waals surface area (Å²) in [6.07, 6.45) is 1.37. The van der Waals surface area contributed by atoms with E-state index in [4.69, 9.17) is 9.72 Å². The van der Waals surface area contributed by atoms with Crippen LogP contribution in [0, 0.1) is 6.92 Å². The van der Waals surface area contributed by atoms with Crippen molar-refractivity contribution in [3.8, 4) is 0 Å². The minimum Gasteiger partial charge on any atom is -0.377 e. The predicted molar refractivity (Wildman–Crippen MR) is 116 cm³/mol. The van der Waals surface area contributed by atoms with Crippen molar-refractivity contribution in [1.29, 1.82) is 0 Å². The fraction of sp³-hybridized carbons (Fsp3) is 0.522. The average Bonchev–Trinajstić information content (AvgIpc) is 3.31.